The molecule has 0 saturated heterocycles. The number of hydrogen-bond acceptors (Lipinski definition) is 5. The normalized spacial score (nSPS) is 12.8. The van der Waals surface area contributed by atoms with Gasteiger partial charge in [-0.25, -0.2) is 0 Å². The van der Waals surface area contributed by atoms with Crippen LogP contribution in [-0.2, 0) is 25.7 Å². The van der Waals surface area contributed by atoms with Gasteiger partial charge in [0.2, 0.25) is 0 Å². The Morgan fingerprint density at radius 1 is 1.13 bits per heavy atom. The smallest absolute Gasteiger partial charge is 0.323 e. The highest BCUT2D eigenvalue weighted by molar-refractivity contribution is 5.78. The molecule has 1 N–H and O–H groups in total. The summed E-state index contributed by atoms with van der Waals surface area (Å²) in [5.74, 6) is -0.757. The van der Waals surface area contributed by atoms with Gasteiger partial charge in [-0.1, -0.05) is 44.2 Å². The van der Waals surface area contributed by atoms with Gasteiger partial charge >= 0.3 is 11.9 Å². The summed E-state index contributed by atoms with van der Waals surface area (Å²) in [7, 11) is 0. The fourth-order valence-electron chi connectivity index (χ4n) is 1.98. The second-order valence-electron chi connectivity index (χ2n) is 6.78. The van der Waals surface area contributed by atoms with Crippen LogP contribution in [0.3, 0.4) is 0 Å². The molecule has 1 aromatic carbocycles. The van der Waals surface area contributed by atoms with Crippen molar-refractivity contribution in [3.8, 4) is 0 Å². The van der Waals surface area contributed by atoms with E-state index >= 15 is 0 Å². The monoisotopic (exact) mass is 321 g/mol. The summed E-state index contributed by atoms with van der Waals surface area (Å²) in [5.41, 5.74) is 0.385. The summed E-state index contributed by atoms with van der Waals surface area (Å²) in [5, 5.41) is 2.93. The van der Waals surface area contributed by atoms with E-state index in [1.807, 2.05) is 44.2 Å². The van der Waals surface area contributed by atoms with E-state index in [0.717, 1.165) is 5.56 Å². The molecule has 23 heavy (non-hydrogen) atoms. The molecule has 0 fully saturated rings. The molecule has 0 aliphatic carbocycles. The third-order valence-electron chi connectivity index (χ3n) is 3.03. The first kappa shape index (κ1) is 19.2. The third-order valence-corrected chi connectivity index (χ3v) is 3.03. The zero-order valence-corrected chi connectivity index (χ0v) is 14.6. The molecular formula is C18H27NO4. The van der Waals surface area contributed by atoms with Crippen LogP contribution in [0.4, 0.5) is 0 Å². The summed E-state index contributed by atoms with van der Waals surface area (Å²) >= 11 is 0. The molecule has 0 saturated carbocycles. The maximum atomic E-state index is 12.2. The van der Waals surface area contributed by atoms with Gasteiger partial charge in [-0.2, -0.15) is 0 Å². The van der Waals surface area contributed by atoms with Crippen molar-refractivity contribution >= 4 is 11.9 Å². The molecule has 0 amide bonds. The lowest BCUT2D eigenvalue weighted by Crippen LogP contribution is -2.45. The quantitative estimate of drug-likeness (QED) is 0.782. The van der Waals surface area contributed by atoms with Crippen molar-refractivity contribution in [2.75, 3.05) is 6.54 Å². The Balaban J connectivity index is 2.50. The minimum atomic E-state index is -0.550. The van der Waals surface area contributed by atoms with Gasteiger partial charge in [0, 0.05) is 0 Å². The standard InChI is InChI=1S/C18H27NO4/c1-13(2)16(19-11-15(20)23-18(3,4)5)17(21)22-12-14-9-7-6-8-10-14/h6-10,13,16,19H,11-12H2,1-5H3/t16-/m0/s1. The molecule has 5 heteroatoms. The van der Waals surface area contributed by atoms with Crippen molar-refractivity contribution in [2.45, 2.75) is 52.9 Å². The van der Waals surface area contributed by atoms with Gasteiger partial charge in [-0.15, -0.1) is 0 Å². The number of esters is 2. The fourth-order valence-corrected chi connectivity index (χ4v) is 1.98. The Morgan fingerprint density at radius 3 is 2.26 bits per heavy atom. The van der Waals surface area contributed by atoms with Crippen molar-refractivity contribution in [3.05, 3.63) is 35.9 Å². The van der Waals surface area contributed by atoms with E-state index in [-0.39, 0.29) is 31.0 Å². The highest BCUT2D eigenvalue weighted by atomic mass is 16.6. The maximum Gasteiger partial charge on any atom is 0.323 e. The van der Waals surface area contributed by atoms with Crippen LogP contribution in [0, 0.1) is 5.92 Å². The second kappa shape index (κ2) is 8.67. The Hall–Kier alpha value is -1.88. The van der Waals surface area contributed by atoms with Crippen LogP contribution in [0.5, 0.6) is 0 Å². The molecule has 0 heterocycles. The van der Waals surface area contributed by atoms with Crippen LogP contribution >= 0.6 is 0 Å². The lowest BCUT2D eigenvalue weighted by Gasteiger charge is -2.23. The molecule has 5 nitrogen and oxygen atoms in total. The van der Waals surface area contributed by atoms with E-state index in [0.29, 0.717) is 0 Å². The molecular weight excluding hydrogens is 294 g/mol. The Kier molecular flexibility index (Phi) is 7.23. The number of ether oxygens (including phenoxy) is 2. The predicted molar refractivity (Wildman–Crippen MR) is 88.7 cm³/mol. The number of nitrogens with one attached hydrogen (secondary N) is 1. The van der Waals surface area contributed by atoms with Crippen LogP contribution in [0.25, 0.3) is 0 Å². The van der Waals surface area contributed by atoms with Crippen LogP contribution < -0.4 is 5.32 Å². The average molecular weight is 321 g/mol. The van der Waals surface area contributed by atoms with E-state index < -0.39 is 11.6 Å². The Bertz CT molecular complexity index is 506. The zero-order valence-electron chi connectivity index (χ0n) is 14.6. The Labute approximate surface area is 138 Å². The zero-order chi connectivity index (χ0) is 17.5. The van der Waals surface area contributed by atoms with Crippen molar-refractivity contribution in [2.24, 2.45) is 5.92 Å². The first-order valence-corrected chi connectivity index (χ1v) is 7.85. The number of carbonyl (C=O) groups excluding carboxylic acids is 2. The highest BCUT2D eigenvalue weighted by Crippen LogP contribution is 2.09. The van der Waals surface area contributed by atoms with E-state index in [2.05, 4.69) is 5.32 Å². The summed E-state index contributed by atoms with van der Waals surface area (Å²) < 4.78 is 10.6. The van der Waals surface area contributed by atoms with E-state index in [9.17, 15) is 9.59 Å². The van der Waals surface area contributed by atoms with Gasteiger partial charge < -0.3 is 9.47 Å². The van der Waals surface area contributed by atoms with Crippen molar-refractivity contribution in [3.63, 3.8) is 0 Å². The summed E-state index contributed by atoms with van der Waals surface area (Å²) in [4.78, 5) is 24.0. The minimum absolute atomic E-state index is 0.000657. The number of carbonyl (C=O) groups is 2. The van der Waals surface area contributed by atoms with E-state index in [4.69, 9.17) is 9.47 Å². The largest absolute Gasteiger partial charge is 0.460 e. The van der Waals surface area contributed by atoms with Gasteiger partial charge in [-0.3, -0.25) is 14.9 Å². The topological polar surface area (TPSA) is 64.6 Å². The van der Waals surface area contributed by atoms with Gasteiger partial charge in [0.1, 0.15) is 18.2 Å². The van der Waals surface area contributed by atoms with Crippen molar-refractivity contribution in [1.82, 2.24) is 5.32 Å². The van der Waals surface area contributed by atoms with Crippen LogP contribution in [-0.4, -0.2) is 30.1 Å². The summed E-state index contributed by atoms with van der Waals surface area (Å²) in [6, 6.07) is 8.93. The molecule has 0 unspecified atom stereocenters. The van der Waals surface area contributed by atoms with Gasteiger partial charge in [0.25, 0.3) is 0 Å². The molecule has 0 bridgehead atoms. The molecule has 1 aromatic rings. The maximum absolute atomic E-state index is 12.2. The molecule has 1 atom stereocenters. The molecule has 0 spiro atoms. The third kappa shape index (κ3) is 7.79. The van der Waals surface area contributed by atoms with Gasteiger partial charge in [-0.05, 0) is 32.3 Å². The molecule has 0 aliphatic heterocycles. The number of benzene rings is 1. The molecule has 0 aliphatic rings. The second-order valence-corrected chi connectivity index (χ2v) is 6.78. The lowest BCUT2D eigenvalue weighted by atomic mass is 10.0. The van der Waals surface area contributed by atoms with Crippen molar-refractivity contribution < 1.29 is 19.1 Å². The SMILES string of the molecule is CC(C)[C@H](NCC(=O)OC(C)(C)C)C(=O)OCc1ccccc1. The molecule has 0 aromatic heterocycles. The minimum Gasteiger partial charge on any atom is -0.460 e. The van der Waals surface area contributed by atoms with Gasteiger partial charge in [0.15, 0.2) is 0 Å². The molecule has 128 valence electrons. The lowest BCUT2D eigenvalue weighted by molar-refractivity contribution is -0.154. The first-order chi connectivity index (χ1) is 10.7. The summed E-state index contributed by atoms with van der Waals surface area (Å²) in [6.07, 6.45) is 0. The van der Waals surface area contributed by atoms with Crippen LogP contribution in [0.1, 0.15) is 40.2 Å². The van der Waals surface area contributed by atoms with Crippen LogP contribution in [0.15, 0.2) is 30.3 Å². The number of hydrogen-bond donors (Lipinski definition) is 1. The summed E-state index contributed by atoms with van der Waals surface area (Å²) in [6.45, 7) is 9.40. The number of rotatable bonds is 7. The fraction of sp³-hybridized carbons (Fsp3) is 0.556. The van der Waals surface area contributed by atoms with Crippen molar-refractivity contribution in [1.29, 1.82) is 0 Å². The van der Waals surface area contributed by atoms with Crippen LogP contribution in [0.2, 0.25) is 0 Å². The van der Waals surface area contributed by atoms with Gasteiger partial charge in [0.05, 0.1) is 6.54 Å². The average Bonchev–Trinajstić information content (AvgIpc) is 2.44. The molecule has 0 radical (unpaired) electrons. The first-order valence-electron chi connectivity index (χ1n) is 7.85. The Morgan fingerprint density at radius 2 is 1.74 bits per heavy atom. The highest BCUT2D eigenvalue weighted by Gasteiger charge is 2.25. The molecule has 1 rings (SSSR count). The van der Waals surface area contributed by atoms with E-state index in [1.54, 1.807) is 20.8 Å². The predicted octanol–water partition coefficient (Wildman–Crippen LogP) is 2.69. The van der Waals surface area contributed by atoms with E-state index in [1.165, 1.54) is 0 Å².